The molecule has 1 aromatic carbocycles. The SMILES string of the molecule is CC(C)n1c(=O)n(C)c2nnc3ccc(-c4ccc([C@H](OCCN5CCCC5)C(F)(F)F)nc4)cc3c21. The lowest BCUT2D eigenvalue weighted by molar-refractivity contribution is -0.225. The fourth-order valence-electron chi connectivity index (χ4n) is 4.94. The van der Waals surface area contributed by atoms with Crippen molar-refractivity contribution in [1.82, 2.24) is 29.2 Å². The number of fused-ring (bicyclic) bond motifs is 3. The summed E-state index contributed by atoms with van der Waals surface area (Å²) in [6.45, 7) is 6.09. The number of nitrogens with zero attached hydrogens (tertiary/aromatic N) is 6. The Bertz CT molecular complexity index is 1470. The molecule has 37 heavy (non-hydrogen) atoms. The fourth-order valence-corrected chi connectivity index (χ4v) is 4.94. The predicted molar refractivity (Wildman–Crippen MR) is 134 cm³/mol. The van der Waals surface area contributed by atoms with Crippen molar-refractivity contribution < 1.29 is 17.9 Å². The highest BCUT2D eigenvalue weighted by molar-refractivity contribution is 6.02. The van der Waals surface area contributed by atoms with Crippen LogP contribution in [0.4, 0.5) is 13.2 Å². The quantitative estimate of drug-likeness (QED) is 0.358. The molecule has 0 radical (unpaired) electrons. The number of benzene rings is 1. The van der Waals surface area contributed by atoms with Crippen LogP contribution in [0.1, 0.15) is 44.5 Å². The van der Waals surface area contributed by atoms with Crippen molar-refractivity contribution in [3.05, 3.63) is 52.7 Å². The zero-order valence-electron chi connectivity index (χ0n) is 21.0. The van der Waals surface area contributed by atoms with Crippen molar-refractivity contribution in [3.63, 3.8) is 0 Å². The van der Waals surface area contributed by atoms with Crippen LogP contribution in [-0.2, 0) is 11.8 Å². The summed E-state index contributed by atoms with van der Waals surface area (Å²) < 4.78 is 49.7. The largest absolute Gasteiger partial charge is 0.420 e. The first-order chi connectivity index (χ1) is 17.6. The third-order valence-electron chi connectivity index (χ3n) is 6.86. The molecule has 4 aromatic rings. The Labute approximate surface area is 211 Å². The smallest absolute Gasteiger partial charge is 0.361 e. The molecule has 11 heteroatoms. The molecule has 0 unspecified atom stereocenters. The van der Waals surface area contributed by atoms with Crippen molar-refractivity contribution in [2.24, 2.45) is 7.05 Å². The Morgan fingerprint density at radius 2 is 1.78 bits per heavy atom. The Balaban J connectivity index is 1.46. The molecule has 0 spiro atoms. The lowest BCUT2D eigenvalue weighted by Gasteiger charge is -2.22. The average molecular weight is 515 g/mol. The Morgan fingerprint density at radius 3 is 2.43 bits per heavy atom. The molecule has 196 valence electrons. The molecule has 8 nitrogen and oxygen atoms in total. The summed E-state index contributed by atoms with van der Waals surface area (Å²) in [5.74, 6) is 0. The maximum atomic E-state index is 13.8. The molecule has 0 bridgehead atoms. The highest BCUT2D eigenvalue weighted by atomic mass is 19.4. The highest BCUT2D eigenvalue weighted by Crippen LogP contribution is 2.36. The number of aromatic nitrogens is 5. The minimum Gasteiger partial charge on any atom is -0.361 e. The summed E-state index contributed by atoms with van der Waals surface area (Å²) in [7, 11) is 1.65. The van der Waals surface area contributed by atoms with Gasteiger partial charge in [-0.25, -0.2) is 4.79 Å². The predicted octanol–water partition coefficient (Wildman–Crippen LogP) is 4.64. The Hall–Kier alpha value is -3.31. The number of aryl methyl sites for hydroxylation is 1. The summed E-state index contributed by atoms with van der Waals surface area (Å²) in [4.78, 5) is 19.0. The van der Waals surface area contributed by atoms with Crippen LogP contribution < -0.4 is 5.69 Å². The third-order valence-corrected chi connectivity index (χ3v) is 6.86. The maximum absolute atomic E-state index is 13.8. The molecule has 3 aromatic heterocycles. The molecule has 1 fully saturated rings. The van der Waals surface area contributed by atoms with Crippen LogP contribution in [0.5, 0.6) is 0 Å². The molecule has 1 aliphatic heterocycles. The van der Waals surface area contributed by atoms with Crippen LogP contribution in [0.2, 0.25) is 0 Å². The first-order valence-corrected chi connectivity index (χ1v) is 12.4. The Morgan fingerprint density at radius 1 is 1.05 bits per heavy atom. The van der Waals surface area contributed by atoms with E-state index in [0.717, 1.165) is 36.9 Å². The van der Waals surface area contributed by atoms with Gasteiger partial charge >= 0.3 is 11.9 Å². The van der Waals surface area contributed by atoms with Crippen molar-refractivity contribution in [1.29, 1.82) is 0 Å². The third kappa shape index (κ3) is 4.85. The van der Waals surface area contributed by atoms with E-state index in [-0.39, 0.29) is 24.0 Å². The number of halogens is 3. The van der Waals surface area contributed by atoms with Gasteiger partial charge in [-0.1, -0.05) is 12.1 Å². The van der Waals surface area contributed by atoms with Crippen LogP contribution in [0, 0.1) is 0 Å². The zero-order valence-corrected chi connectivity index (χ0v) is 21.0. The van der Waals surface area contributed by atoms with E-state index in [1.807, 2.05) is 26.0 Å². The number of hydrogen-bond acceptors (Lipinski definition) is 6. The molecule has 1 atom stereocenters. The summed E-state index contributed by atoms with van der Waals surface area (Å²) in [6, 6.07) is 8.34. The topological polar surface area (TPSA) is 78.1 Å². The molecule has 4 heterocycles. The number of hydrogen-bond donors (Lipinski definition) is 0. The van der Waals surface area contributed by atoms with Crippen molar-refractivity contribution >= 4 is 22.1 Å². The second kappa shape index (κ2) is 9.86. The van der Waals surface area contributed by atoms with E-state index in [0.29, 0.717) is 28.8 Å². The van der Waals surface area contributed by atoms with Gasteiger partial charge in [0.1, 0.15) is 5.52 Å². The van der Waals surface area contributed by atoms with Gasteiger partial charge in [0.15, 0.2) is 11.8 Å². The van der Waals surface area contributed by atoms with Crippen molar-refractivity contribution in [2.75, 3.05) is 26.2 Å². The lowest BCUT2D eigenvalue weighted by Crippen LogP contribution is -2.29. The monoisotopic (exact) mass is 514 g/mol. The molecule has 1 aliphatic rings. The minimum atomic E-state index is -4.57. The van der Waals surface area contributed by atoms with Crippen LogP contribution in [-0.4, -0.2) is 61.6 Å². The van der Waals surface area contributed by atoms with Gasteiger partial charge < -0.3 is 9.64 Å². The minimum absolute atomic E-state index is 0.00997. The van der Waals surface area contributed by atoms with E-state index >= 15 is 0 Å². The molecule has 0 amide bonds. The average Bonchev–Trinajstić information content (AvgIpc) is 3.47. The van der Waals surface area contributed by atoms with Gasteiger partial charge in [0, 0.05) is 36.8 Å². The normalized spacial score (nSPS) is 15.9. The van der Waals surface area contributed by atoms with E-state index in [1.54, 1.807) is 23.7 Å². The molecular weight excluding hydrogens is 485 g/mol. The van der Waals surface area contributed by atoms with Gasteiger partial charge in [-0.2, -0.15) is 13.2 Å². The van der Waals surface area contributed by atoms with Gasteiger partial charge in [0.05, 0.1) is 17.8 Å². The number of imidazole rings is 1. The first-order valence-electron chi connectivity index (χ1n) is 12.4. The number of likely N-dealkylation sites (tertiary alicyclic amines) is 1. The second-order valence-corrected chi connectivity index (χ2v) is 9.72. The summed E-state index contributed by atoms with van der Waals surface area (Å²) in [5.41, 5.74) is 2.77. The second-order valence-electron chi connectivity index (χ2n) is 9.72. The summed E-state index contributed by atoms with van der Waals surface area (Å²) in [6.07, 6.45) is -3.09. The lowest BCUT2D eigenvalue weighted by atomic mass is 10.0. The van der Waals surface area contributed by atoms with E-state index in [4.69, 9.17) is 4.74 Å². The van der Waals surface area contributed by atoms with Gasteiger partial charge in [-0.15, -0.1) is 10.2 Å². The molecule has 0 N–H and O–H groups in total. The standard InChI is InChI=1S/C26H29F3N6O2/c1-16(2)35-22-19-14-17(6-8-20(19)31-32-24(22)33(3)25(35)36)18-7-9-21(30-15-18)23(26(27,28)29)37-13-12-34-10-4-5-11-34/h6-9,14-16,23H,4-5,10-13H2,1-3H3/t23-/m0/s1. The highest BCUT2D eigenvalue weighted by Gasteiger charge is 2.43. The van der Waals surface area contributed by atoms with Crippen LogP contribution >= 0.6 is 0 Å². The first kappa shape index (κ1) is 25.3. The molecule has 0 saturated carbocycles. The number of rotatable bonds is 7. The van der Waals surface area contributed by atoms with Crippen LogP contribution in [0.3, 0.4) is 0 Å². The van der Waals surface area contributed by atoms with Gasteiger partial charge in [-0.3, -0.25) is 14.1 Å². The number of ether oxygens (including phenoxy) is 1. The summed E-state index contributed by atoms with van der Waals surface area (Å²) in [5, 5.41) is 9.22. The van der Waals surface area contributed by atoms with E-state index in [2.05, 4.69) is 20.1 Å². The molecule has 1 saturated heterocycles. The molecular formula is C26H29F3N6O2. The van der Waals surface area contributed by atoms with Crippen LogP contribution in [0.15, 0.2) is 41.3 Å². The zero-order chi connectivity index (χ0) is 26.3. The summed E-state index contributed by atoms with van der Waals surface area (Å²) >= 11 is 0. The van der Waals surface area contributed by atoms with Gasteiger partial charge in [0.2, 0.25) is 0 Å². The molecule has 5 rings (SSSR count). The van der Waals surface area contributed by atoms with E-state index in [1.165, 1.54) is 16.8 Å². The van der Waals surface area contributed by atoms with Gasteiger partial charge in [0.25, 0.3) is 0 Å². The number of alkyl halides is 3. The van der Waals surface area contributed by atoms with Crippen LogP contribution in [0.25, 0.3) is 33.2 Å². The van der Waals surface area contributed by atoms with E-state index in [9.17, 15) is 18.0 Å². The van der Waals surface area contributed by atoms with Crippen molar-refractivity contribution in [3.8, 4) is 11.1 Å². The van der Waals surface area contributed by atoms with E-state index < -0.39 is 12.3 Å². The Kier molecular flexibility index (Phi) is 6.76. The van der Waals surface area contributed by atoms with Gasteiger partial charge in [-0.05, 0) is 63.5 Å². The number of pyridine rings is 1. The maximum Gasteiger partial charge on any atom is 0.420 e. The molecule has 0 aliphatic carbocycles. The van der Waals surface area contributed by atoms with Crippen molar-refractivity contribution in [2.45, 2.75) is 45.0 Å². The fraction of sp³-hybridized carbons (Fsp3) is 0.462.